The van der Waals surface area contributed by atoms with E-state index in [4.69, 9.17) is 18.9 Å². The largest absolute Gasteiger partial charge is 0.497 e. The van der Waals surface area contributed by atoms with Crippen LogP contribution in [0.1, 0.15) is 22.3 Å². The maximum Gasteiger partial charge on any atom is 0.118 e. The number of fused-ring (bicyclic) bond motifs is 4. The average Bonchev–Trinajstić information content (AvgIpc) is 3.41. The van der Waals surface area contributed by atoms with E-state index in [1.165, 1.54) is 86.2 Å². The molecule has 12 aromatic carbocycles. The molecule has 12 rings (SSSR count). The number of methoxy groups -OCH3 is 4. The summed E-state index contributed by atoms with van der Waals surface area (Å²) in [7, 11) is 6.85. The van der Waals surface area contributed by atoms with Crippen LogP contribution in [-0.4, -0.2) is 28.4 Å². The van der Waals surface area contributed by atoms with Crippen LogP contribution in [0.5, 0.6) is 23.0 Å². The predicted molar refractivity (Wildman–Crippen MR) is 283 cm³/mol. The van der Waals surface area contributed by atoms with Crippen LogP contribution in [0.3, 0.4) is 0 Å². The van der Waals surface area contributed by atoms with Gasteiger partial charge in [0.1, 0.15) is 23.0 Å². The van der Waals surface area contributed by atoms with Crippen LogP contribution in [0.15, 0.2) is 206 Å². The molecule has 0 amide bonds. The lowest BCUT2D eigenvalue weighted by molar-refractivity contribution is 0.414. The van der Waals surface area contributed by atoms with Gasteiger partial charge in [0.15, 0.2) is 0 Å². The Morgan fingerprint density at radius 1 is 0.235 bits per heavy atom. The summed E-state index contributed by atoms with van der Waals surface area (Å²) in [6.45, 7) is 0. The van der Waals surface area contributed by atoms with Gasteiger partial charge in [-0.25, -0.2) is 0 Å². The minimum atomic E-state index is 0.818. The second-order valence-electron chi connectivity index (χ2n) is 17.3. The quantitative estimate of drug-likeness (QED) is 0.107. The van der Waals surface area contributed by atoms with Crippen molar-refractivity contribution in [3.05, 3.63) is 239 Å². The molecule has 0 N–H and O–H groups in total. The third kappa shape index (κ3) is 6.52. The van der Waals surface area contributed by atoms with E-state index in [-0.39, 0.29) is 0 Å². The van der Waals surface area contributed by atoms with Crippen molar-refractivity contribution in [2.75, 3.05) is 28.4 Å². The first-order valence-corrected chi connectivity index (χ1v) is 22.9. The monoisotopic (exact) mass is 878 g/mol. The van der Waals surface area contributed by atoms with Gasteiger partial charge in [0.05, 0.1) is 28.4 Å². The molecule has 68 heavy (non-hydrogen) atoms. The van der Waals surface area contributed by atoms with Crippen LogP contribution in [-0.2, 0) is 0 Å². The molecule has 0 spiro atoms. The molecular weight excluding hydrogens is 833 g/mol. The fraction of sp³-hybridized carbons (Fsp3) is 0.0625. The molecule has 0 heterocycles. The minimum absolute atomic E-state index is 0.818. The van der Waals surface area contributed by atoms with E-state index in [9.17, 15) is 0 Å². The third-order valence-electron chi connectivity index (χ3n) is 13.9. The molecule has 0 saturated carbocycles. The Morgan fingerprint density at radius 2 is 0.515 bits per heavy atom. The van der Waals surface area contributed by atoms with Gasteiger partial charge in [0.25, 0.3) is 0 Å². The van der Waals surface area contributed by atoms with Gasteiger partial charge < -0.3 is 18.9 Å². The van der Waals surface area contributed by atoms with Gasteiger partial charge in [0, 0.05) is 0 Å². The molecule has 0 fully saturated rings. The Hall–Kier alpha value is -8.60. The zero-order chi connectivity index (χ0) is 45.9. The maximum atomic E-state index is 5.64. The summed E-state index contributed by atoms with van der Waals surface area (Å²) >= 11 is 0. The van der Waals surface area contributed by atoms with Gasteiger partial charge >= 0.3 is 0 Å². The van der Waals surface area contributed by atoms with Crippen molar-refractivity contribution in [1.29, 1.82) is 0 Å². The molecule has 326 valence electrons. The summed E-state index contributed by atoms with van der Waals surface area (Å²) in [5.74, 6) is 3.27. The molecule has 4 nitrogen and oxygen atoms in total. The Morgan fingerprint density at radius 3 is 0.824 bits per heavy atom. The molecule has 0 saturated heterocycles. The summed E-state index contributed by atoms with van der Waals surface area (Å²) in [5, 5.41) is 17.0. The Bertz CT molecular complexity index is 3660. The average molecular weight is 879 g/mol. The lowest BCUT2D eigenvalue weighted by atomic mass is 9.83. The highest BCUT2D eigenvalue weighted by atomic mass is 16.5. The smallest absolute Gasteiger partial charge is 0.118 e. The Labute approximate surface area is 394 Å². The van der Waals surface area contributed by atoms with Gasteiger partial charge in [-0.3, -0.25) is 0 Å². The van der Waals surface area contributed by atoms with Gasteiger partial charge in [-0.1, -0.05) is 158 Å². The minimum Gasteiger partial charge on any atom is -0.497 e. The second-order valence-corrected chi connectivity index (χ2v) is 17.3. The van der Waals surface area contributed by atoms with E-state index in [2.05, 4.69) is 206 Å². The molecule has 0 aliphatic carbocycles. The molecular formula is C64H46O4. The number of hydrogen-bond acceptors (Lipinski definition) is 4. The highest BCUT2D eigenvalue weighted by Gasteiger charge is 2.21. The van der Waals surface area contributed by atoms with E-state index in [0.29, 0.717) is 0 Å². The molecule has 0 radical (unpaired) electrons. The Balaban J connectivity index is 1.20. The molecule has 0 aromatic heterocycles. The first kappa shape index (κ1) is 40.9. The molecule has 12 aromatic rings. The number of hydrogen-bond donors (Lipinski definition) is 0. The van der Waals surface area contributed by atoms with E-state index < -0.39 is 0 Å². The highest BCUT2D eigenvalue weighted by molar-refractivity contribution is 6.28. The standard InChI is InChI=1S/C64H46O4/c1-65-43-27-19-39(20-28-43)59(40-21-29-44(66-2)30-22-40)63-55-13-7-5-11-47(55)51-15-9-17-53-49(35-37-57(63)61(51)53)50-36-38-58-62-52(16-10-18-54(50)62)48-12-6-8-14-56(48)64(58)60(41-23-31-45(67-3)32-24-41)42-25-33-46(68-4)34-26-42/h5-38H,1-4H3. The van der Waals surface area contributed by atoms with Crippen LogP contribution in [0.25, 0.3) is 86.9 Å². The number of rotatable bonds is 9. The van der Waals surface area contributed by atoms with Crippen molar-refractivity contribution in [2.45, 2.75) is 0 Å². The summed E-state index contributed by atoms with van der Waals surface area (Å²) in [6, 6.07) is 74.6. The third-order valence-corrected chi connectivity index (χ3v) is 13.9. The normalized spacial score (nSPS) is 11.5. The lowest BCUT2D eigenvalue weighted by Crippen LogP contribution is -2.13. The number of ether oxygens (including phenoxy) is 4. The highest BCUT2D eigenvalue weighted by Crippen LogP contribution is 2.43. The molecule has 0 atom stereocenters. The van der Waals surface area contributed by atoms with Crippen LogP contribution >= 0.6 is 0 Å². The summed E-state index contributed by atoms with van der Waals surface area (Å²) in [5.41, 5.74) is 9.10. The molecule has 0 aliphatic heterocycles. The molecule has 0 aliphatic rings. The lowest BCUT2D eigenvalue weighted by Gasteiger charge is -2.20. The first-order valence-electron chi connectivity index (χ1n) is 22.9. The zero-order valence-electron chi connectivity index (χ0n) is 38.3. The summed E-state index contributed by atoms with van der Waals surface area (Å²) in [4.78, 5) is 0. The van der Waals surface area contributed by atoms with Gasteiger partial charge in [-0.2, -0.15) is 0 Å². The topological polar surface area (TPSA) is 36.9 Å². The van der Waals surface area contributed by atoms with E-state index in [1.54, 1.807) is 28.4 Å². The van der Waals surface area contributed by atoms with Crippen molar-refractivity contribution < 1.29 is 18.9 Å². The van der Waals surface area contributed by atoms with Gasteiger partial charge in [-0.05, 0) is 168 Å². The van der Waals surface area contributed by atoms with Crippen molar-refractivity contribution in [2.24, 2.45) is 0 Å². The van der Waals surface area contributed by atoms with Crippen molar-refractivity contribution in [1.82, 2.24) is 0 Å². The molecule has 0 bridgehead atoms. The number of benzene rings is 12. The summed E-state index contributed by atoms with van der Waals surface area (Å²) < 4.78 is 22.6. The van der Waals surface area contributed by atoms with Gasteiger partial charge in [-0.15, -0.1) is 0 Å². The zero-order valence-corrected chi connectivity index (χ0v) is 38.3. The maximum absolute atomic E-state index is 5.64. The van der Waals surface area contributed by atoms with E-state index in [1.807, 2.05) is 0 Å². The van der Waals surface area contributed by atoms with Crippen LogP contribution in [0, 0.1) is 0 Å². The van der Waals surface area contributed by atoms with Gasteiger partial charge in [0.2, 0.25) is 0 Å². The van der Waals surface area contributed by atoms with Crippen molar-refractivity contribution >= 4 is 75.8 Å². The summed E-state index contributed by atoms with van der Waals surface area (Å²) in [6.07, 6.45) is 0. The fourth-order valence-electron chi connectivity index (χ4n) is 10.8. The van der Waals surface area contributed by atoms with E-state index >= 15 is 0 Å². The predicted octanol–water partition coefficient (Wildman–Crippen LogP) is 14.2. The van der Waals surface area contributed by atoms with Crippen LogP contribution in [0.4, 0.5) is 0 Å². The second kappa shape index (κ2) is 16.7. The van der Waals surface area contributed by atoms with Crippen LogP contribution < -0.4 is 29.4 Å². The van der Waals surface area contributed by atoms with Crippen molar-refractivity contribution in [3.63, 3.8) is 0 Å². The fourth-order valence-corrected chi connectivity index (χ4v) is 10.8. The Kier molecular flexibility index (Phi) is 10.0. The first-order chi connectivity index (χ1) is 33.6. The van der Waals surface area contributed by atoms with Crippen LogP contribution in [0.2, 0.25) is 0 Å². The SMILES string of the molecule is COc1ccc(C(c2ccc(OC)cc2)=c2c3ccccc3c3cccc4c(-c5ccc6c(=C(c7ccc(OC)cc7)c7ccc(OC)cc7)c7ccccc7c7cccc5c67)ccc2c43)cc1. The van der Waals surface area contributed by atoms with Crippen molar-refractivity contribution in [3.8, 4) is 34.1 Å². The van der Waals surface area contributed by atoms with E-state index in [0.717, 1.165) is 56.4 Å². The molecule has 0 unspecified atom stereocenters. The molecule has 4 heteroatoms.